The van der Waals surface area contributed by atoms with Gasteiger partial charge in [-0.05, 0) is 60.4 Å². The highest BCUT2D eigenvalue weighted by Crippen LogP contribution is 2.40. The minimum atomic E-state index is -1.73. The molecule has 0 heterocycles. The Morgan fingerprint density at radius 3 is 1.86 bits per heavy atom. The normalized spacial score (nSPS) is 17.4. The van der Waals surface area contributed by atoms with Crippen molar-refractivity contribution < 1.29 is 8.85 Å². The van der Waals surface area contributed by atoms with Crippen molar-refractivity contribution in [3.63, 3.8) is 0 Å². The Kier molecular flexibility index (Phi) is 5.64. The van der Waals surface area contributed by atoms with Crippen LogP contribution in [0.2, 0.25) is 36.3 Å². The molecule has 0 saturated heterocycles. The van der Waals surface area contributed by atoms with Crippen molar-refractivity contribution in [1.82, 2.24) is 0 Å². The molecular formula is C18H36O2Si2. The topological polar surface area (TPSA) is 18.5 Å². The SMILES string of the molecule is CC(C)(C)[Si](C)(C)OCC1=CC(O[Si](C)(C)C(C)(C)C)=CC1. The summed E-state index contributed by atoms with van der Waals surface area (Å²) in [5.41, 5.74) is 1.35. The molecular weight excluding hydrogens is 304 g/mol. The van der Waals surface area contributed by atoms with Gasteiger partial charge in [-0.2, -0.15) is 0 Å². The van der Waals surface area contributed by atoms with Crippen LogP contribution in [0.5, 0.6) is 0 Å². The lowest BCUT2D eigenvalue weighted by Crippen LogP contribution is -2.41. The molecule has 1 aliphatic rings. The van der Waals surface area contributed by atoms with E-state index in [2.05, 4.69) is 79.9 Å². The van der Waals surface area contributed by atoms with Crippen molar-refractivity contribution in [2.24, 2.45) is 0 Å². The summed E-state index contributed by atoms with van der Waals surface area (Å²) in [5, 5.41) is 0.502. The molecule has 0 spiro atoms. The van der Waals surface area contributed by atoms with Gasteiger partial charge in [0.15, 0.2) is 8.32 Å². The van der Waals surface area contributed by atoms with Crippen LogP contribution in [0.25, 0.3) is 0 Å². The van der Waals surface area contributed by atoms with Gasteiger partial charge in [-0.25, -0.2) is 0 Å². The molecule has 128 valence electrons. The van der Waals surface area contributed by atoms with Gasteiger partial charge in [0.05, 0.1) is 12.4 Å². The number of hydrogen-bond acceptors (Lipinski definition) is 2. The van der Waals surface area contributed by atoms with Crippen molar-refractivity contribution in [1.29, 1.82) is 0 Å². The summed E-state index contributed by atoms with van der Waals surface area (Å²) in [6, 6.07) is 0. The van der Waals surface area contributed by atoms with Crippen molar-refractivity contribution in [3.05, 3.63) is 23.5 Å². The molecule has 0 unspecified atom stereocenters. The van der Waals surface area contributed by atoms with Crippen LogP contribution in [0.3, 0.4) is 0 Å². The van der Waals surface area contributed by atoms with Gasteiger partial charge in [-0.15, -0.1) is 0 Å². The summed E-state index contributed by atoms with van der Waals surface area (Å²) in [7, 11) is -3.40. The second-order valence-corrected chi connectivity index (χ2v) is 19.1. The third-order valence-corrected chi connectivity index (χ3v) is 14.4. The van der Waals surface area contributed by atoms with Crippen LogP contribution in [-0.4, -0.2) is 23.2 Å². The summed E-state index contributed by atoms with van der Waals surface area (Å²) >= 11 is 0. The highest BCUT2D eigenvalue weighted by atomic mass is 28.4. The first-order valence-electron chi connectivity index (χ1n) is 8.38. The van der Waals surface area contributed by atoms with E-state index < -0.39 is 16.6 Å². The fraction of sp³-hybridized carbons (Fsp3) is 0.778. The van der Waals surface area contributed by atoms with E-state index in [1.54, 1.807) is 0 Å². The van der Waals surface area contributed by atoms with E-state index >= 15 is 0 Å². The highest BCUT2D eigenvalue weighted by Gasteiger charge is 2.40. The van der Waals surface area contributed by atoms with E-state index in [9.17, 15) is 0 Å². The Labute approximate surface area is 140 Å². The molecule has 0 aromatic carbocycles. The summed E-state index contributed by atoms with van der Waals surface area (Å²) < 4.78 is 12.7. The molecule has 0 radical (unpaired) electrons. The molecule has 0 N–H and O–H groups in total. The fourth-order valence-corrected chi connectivity index (χ4v) is 3.68. The minimum Gasteiger partial charge on any atom is -0.544 e. The van der Waals surface area contributed by atoms with E-state index in [-0.39, 0.29) is 10.1 Å². The minimum absolute atomic E-state index is 0.238. The predicted octanol–water partition coefficient (Wildman–Crippen LogP) is 6.24. The molecule has 0 bridgehead atoms. The molecule has 0 saturated carbocycles. The molecule has 2 nitrogen and oxygen atoms in total. The standard InChI is InChI=1S/C18H36O2Si2/c1-17(2,3)21(7,8)19-14-15-11-12-16(13-15)20-22(9,10)18(4,5)6/h12-13H,11,14H2,1-10H3. The summed E-state index contributed by atoms with van der Waals surface area (Å²) in [6.45, 7) is 23.6. The van der Waals surface area contributed by atoms with Crippen LogP contribution in [0.15, 0.2) is 23.5 Å². The molecule has 0 fully saturated rings. The predicted molar refractivity (Wildman–Crippen MR) is 102 cm³/mol. The Balaban J connectivity index is 2.63. The van der Waals surface area contributed by atoms with Crippen LogP contribution < -0.4 is 0 Å². The van der Waals surface area contributed by atoms with Crippen molar-refractivity contribution in [2.75, 3.05) is 6.61 Å². The zero-order valence-electron chi connectivity index (χ0n) is 16.4. The Morgan fingerprint density at radius 2 is 1.41 bits per heavy atom. The van der Waals surface area contributed by atoms with Crippen molar-refractivity contribution in [3.8, 4) is 0 Å². The number of allylic oxidation sites excluding steroid dienone is 2. The Hall–Kier alpha value is -0.326. The zero-order chi connectivity index (χ0) is 17.4. The number of rotatable bonds is 5. The van der Waals surface area contributed by atoms with Gasteiger partial charge in [0.25, 0.3) is 0 Å². The van der Waals surface area contributed by atoms with Crippen LogP contribution in [0.4, 0.5) is 0 Å². The second-order valence-electron chi connectivity index (χ2n) is 9.52. The van der Waals surface area contributed by atoms with Crippen molar-refractivity contribution >= 4 is 16.6 Å². The van der Waals surface area contributed by atoms with Gasteiger partial charge in [0, 0.05) is 0 Å². The lowest BCUT2D eigenvalue weighted by atomic mass is 10.2. The van der Waals surface area contributed by atoms with Gasteiger partial charge in [0.1, 0.15) is 0 Å². The van der Waals surface area contributed by atoms with Crippen molar-refractivity contribution in [2.45, 2.75) is 84.2 Å². The van der Waals surface area contributed by atoms with E-state index in [0.29, 0.717) is 0 Å². The summed E-state index contributed by atoms with van der Waals surface area (Å²) in [5.74, 6) is 1.06. The molecule has 4 heteroatoms. The van der Waals surface area contributed by atoms with E-state index in [0.717, 1.165) is 18.8 Å². The lowest BCUT2D eigenvalue weighted by molar-refractivity contribution is 0.317. The first-order chi connectivity index (χ1) is 9.66. The molecule has 0 aliphatic heterocycles. The molecule has 0 aromatic rings. The molecule has 0 atom stereocenters. The maximum atomic E-state index is 6.37. The smallest absolute Gasteiger partial charge is 0.250 e. The van der Waals surface area contributed by atoms with Gasteiger partial charge in [-0.1, -0.05) is 41.5 Å². The maximum absolute atomic E-state index is 6.37. The highest BCUT2D eigenvalue weighted by molar-refractivity contribution is 6.74. The zero-order valence-corrected chi connectivity index (χ0v) is 18.4. The average molecular weight is 341 g/mol. The molecule has 1 aliphatic carbocycles. The van der Waals surface area contributed by atoms with Gasteiger partial charge >= 0.3 is 0 Å². The molecule has 22 heavy (non-hydrogen) atoms. The molecule has 0 amide bonds. The van der Waals surface area contributed by atoms with E-state index in [1.807, 2.05) is 0 Å². The van der Waals surface area contributed by atoms with Gasteiger partial charge < -0.3 is 8.85 Å². The van der Waals surface area contributed by atoms with E-state index in [4.69, 9.17) is 8.85 Å². The summed E-state index contributed by atoms with van der Waals surface area (Å²) in [4.78, 5) is 0. The van der Waals surface area contributed by atoms with Crippen LogP contribution in [0, 0.1) is 0 Å². The lowest BCUT2D eigenvalue weighted by Gasteiger charge is -2.36. The first kappa shape index (κ1) is 19.7. The van der Waals surface area contributed by atoms with Crippen LogP contribution in [0.1, 0.15) is 48.0 Å². The Morgan fingerprint density at radius 1 is 0.909 bits per heavy atom. The molecule has 1 rings (SSSR count). The largest absolute Gasteiger partial charge is 0.544 e. The monoisotopic (exact) mass is 340 g/mol. The van der Waals surface area contributed by atoms with E-state index in [1.165, 1.54) is 5.57 Å². The van der Waals surface area contributed by atoms with Gasteiger partial charge in [0.2, 0.25) is 8.32 Å². The third-order valence-electron chi connectivity index (χ3n) is 5.52. The Bertz CT molecular complexity index is 460. The number of hydrogen-bond donors (Lipinski definition) is 0. The summed E-state index contributed by atoms with van der Waals surface area (Å²) in [6.07, 6.45) is 5.39. The van der Waals surface area contributed by atoms with Crippen LogP contribution >= 0.6 is 0 Å². The first-order valence-corrected chi connectivity index (χ1v) is 14.2. The van der Waals surface area contributed by atoms with Gasteiger partial charge in [-0.3, -0.25) is 0 Å². The average Bonchev–Trinajstić information content (AvgIpc) is 2.70. The van der Waals surface area contributed by atoms with Crippen LogP contribution in [-0.2, 0) is 8.85 Å². The third kappa shape index (κ3) is 4.83. The maximum Gasteiger partial charge on any atom is 0.250 e. The quantitative estimate of drug-likeness (QED) is 0.551. The molecule has 0 aromatic heterocycles. The fourth-order valence-electron chi connectivity index (χ4n) is 1.66. The second kappa shape index (κ2) is 6.29.